The quantitative estimate of drug-likeness (QED) is 0.347. The van der Waals surface area contributed by atoms with E-state index in [2.05, 4.69) is 20.9 Å². The number of aliphatic imine (C=N–C) groups is 1. The fraction of sp³-hybridized carbons (Fsp3) is 0.368. The maximum Gasteiger partial charge on any atom is 0.261 e. The Morgan fingerprint density at radius 1 is 1.11 bits per heavy atom. The second-order valence-electron chi connectivity index (χ2n) is 5.62. The number of hydrogen-bond acceptors (Lipinski definition) is 5. The first-order valence-electron chi connectivity index (χ1n) is 8.65. The minimum absolute atomic E-state index is 0.0286. The number of nitrogens with zero attached hydrogens (tertiary/aromatic N) is 1. The molecule has 0 fully saturated rings. The van der Waals surface area contributed by atoms with Crippen molar-refractivity contribution < 1.29 is 14.3 Å². The second kappa shape index (κ2) is 11.1. The molecule has 0 spiro atoms. The Morgan fingerprint density at radius 3 is 2.59 bits per heavy atom. The van der Waals surface area contributed by atoms with Crippen molar-refractivity contribution in [1.82, 2.24) is 16.0 Å². The molecule has 8 heteroatoms. The van der Waals surface area contributed by atoms with E-state index in [1.54, 1.807) is 21.3 Å². The molecule has 0 bridgehead atoms. The number of rotatable bonds is 9. The van der Waals surface area contributed by atoms with Gasteiger partial charge in [-0.05, 0) is 30.0 Å². The van der Waals surface area contributed by atoms with Crippen LogP contribution in [0.25, 0.3) is 0 Å². The van der Waals surface area contributed by atoms with Crippen LogP contribution < -0.4 is 25.4 Å². The normalized spacial score (nSPS) is 11.0. The Labute approximate surface area is 163 Å². The van der Waals surface area contributed by atoms with Crippen molar-refractivity contribution in [1.29, 1.82) is 0 Å². The summed E-state index contributed by atoms with van der Waals surface area (Å²) < 4.78 is 10.6. The summed E-state index contributed by atoms with van der Waals surface area (Å²) in [6.07, 6.45) is 0.795. The van der Waals surface area contributed by atoms with E-state index in [0.29, 0.717) is 25.6 Å². The molecule has 1 heterocycles. The number of hydrogen-bond donors (Lipinski definition) is 3. The van der Waals surface area contributed by atoms with Crippen LogP contribution >= 0.6 is 11.3 Å². The SMILES string of the molecule is CN=C(NCCCNC(=O)c1cccs1)NCc1ccc(OC)cc1OC. The largest absolute Gasteiger partial charge is 0.497 e. The van der Waals surface area contributed by atoms with Crippen LogP contribution in [0.5, 0.6) is 11.5 Å². The van der Waals surface area contributed by atoms with E-state index < -0.39 is 0 Å². The fourth-order valence-electron chi connectivity index (χ4n) is 2.39. The van der Waals surface area contributed by atoms with Gasteiger partial charge in [-0.3, -0.25) is 9.79 Å². The summed E-state index contributed by atoms with van der Waals surface area (Å²) >= 11 is 1.44. The van der Waals surface area contributed by atoms with Crippen molar-refractivity contribution in [3.63, 3.8) is 0 Å². The van der Waals surface area contributed by atoms with Crippen LogP contribution in [0.2, 0.25) is 0 Å². The van der Waals surface area contributed by atoms with Gasteiger partial charge in [0.2, 0.25) is 0 Å². The van der Waals surface area contributed by atoms with Crippen LogP contribution in [0.15, 0.2) is 40.7 Å². The van der Waals surface area contributed by atoms with E-state index in [1.807, 2.05) is 35.7 Å². The van der Waals surface area contributed by atoms with Crippen LogP contribution in [0, 0.1) is 0 Å². The summed E-state index contributed by atoms with van der Waals surface area (Å²) in [5.74, 6) is 2.17. The van der Waals surface area contributed by atoms with Gasteiger partial charge in [0, 0.05) is 38.3 Å². The molecule has 0 atom stereocenters. The first-order chi connectivity index (χ1) is 13.2. The number of methoxy groups -OCH3 is 2. The molecule has 1 amide bonds. The summed E-state index contributed by atoms with van der Waals surface area (Å²) in [4.78, 5) is 16.8. The Morgan fingerprint density at radius 2 is 1.93 bits per heavy atom. The molecule has 3 N–H and O–H groups in total. The van der Waals surface area contributed by atoms with E-state index >= 15 is 0 Å². The lowest BCUT2D eigenvalue weighted by molar-refractivity contribution is 0.0957. The average molecular weight is 391 g/mol. The standard InChI is InChI=1S/C19H26N4O3S/c1-20-19(22-10-5-9-21-18(24)17-6-4-11-27-17)23-13-14-7-8-15(25-2)12-16(14)26-3/h4,6-8,11-12H,5,9-10,13H2,1-3H3,(H,21,24)(H2,20,22,23). The van der Waals surface area contributed by atoms with Crippen molar-refractivity contribution in [2.24, 2.45) is 4.99 Å². The van der Waals surface area contributed by atoms with Crippen molar-refractivity contribution in [2.45, 2.75) is 13.0 Å². The maximum absolute atomic E-state index is 11.8. The molecule has 0 aliphatic carbocycles. The number of carbonyl (C=O) groups is 1. The van der Waals surface area contributed by atoms with Crippen molar-refractivity contribution in [3.05, 3.63) is 46.2 Å². The number of carbonyl (C=O) groups excluding carboxylic acids is 1. The van der Waals surface area contributed by atoms with E-state index in [1.165, 1.54) is 11.3 Å². The molecule has 0 aliphatic heterocycles. The maximum atomic E-state index is 11.8. The first kappa shape index (κ1) is 20.6. The Hall–Kier alpha value is -2.74. The summed E-state index contributed by atoms with van der Waals surface area (Å²) in [5.41, 5.74) is 1.00. The van der Waals surface area contributed by atoms with Crippen LogP contribution in [-0.2, 0) is 6.54 Å². The number of amides is 1. The lowest BCUT2D eigenvalue weighted by Gasteiger charge is -2.14. The zero-order valence-electron chi connectivity index (χ0n) is 15.9. The molecule has 146 valence electrons. The highest BCUT2D eigenvalue weighted by atomic mass is 32.1. The molecular formula is C19H26N4O3S. The molecule has 0 aliphatic rings. The van der Waals surface area contributed by atoms with E-state index in [4.69, 9.17) is 9.47 Å². The summed E-state index contributed by atoms with van der Waals surface area (Å²) in [6.45, 7) is 1.87. The number of ether oxygens (including phenoxy) is 2. The molecule has 0 saturated carbocycles. The first-order valence-corrected chi connectivity index (χ1v) is 9.53. The van der Waals surface area contributed by atoms with Gasteiger partial charge in [-0.1, -0.05) is 6.07 Å². The van der Waals surface area contributed by atoms with Gasteiger partial charge in [0.05, 0.1) is 19.1 Å². The highest BCUT2D eigenvalue weighted by molar-refractivity contribution is 7.12. The van der Waals surface area contributed by atoms with Gasteiger partial charge in [-0.2, -0.15) is 0 Å². The Kier molecular flexibility index (Phi) is 8.44. The molecule has 0 radical (unpaired) electrons. The predicted octanol–water partition coefficient (Wildman–Crippen LogP) is 2.25. The molecule has 2 rings (SSSR count). The zero-order valence-corrected chi connectivity index (χ0v) is 16.7. The van der Waals surface area contributed by atoms with Gasteiger partial charge in [-0.25, -0.2) is 0 Å². The molecule has 0 saturated heterocycles. The molecule has 2 aromatic rings. The van der Waals surface area contributed by atoms with Crippen LogP contribution in [0.4, 0.5) is 0 Å². The highest BCUT2D eigenvalue weighted by Gasteiger charge is 2.07. The third kappa shape index (κ3) is 6.49. The number of guanidine groups is 1. The molecular weight excluding hydrogens is 364 g/mol. The van der Waals surface area contributed by atoms with E-state index in [-0.39, 0.29) is 5.91 Å². The molecule has 1 aromatic heterocycles. The third-order valence-electron chi connectivity index (χ3n) is 3.84. The topological polar surface area (TPSA) is 84.0 Å². The summed E-state index contributed by atoms with van der Waals surface area (Å²) in [7, 11) is 4.98. The fourth-order valence-corrected chi connectivity index (χ4v) is 3.03. The van der Waals surface area contributed by atoms with Gasteiger partial charge in [0.15, 0.2) is 5.96 Å². The van der Waals surface area contributed by atoms with Gasteiger partial charge >= 0.3 is 0 Å². The molecule has 7 nitrogen and oxygen atoms in total. The van der Waals surface area contributed by atoms with Crippen LogP contribution in [0.1, 0.15) is 21.7 Å². The number of benzene rings is 1. The van der Waals surface area contributed by atoms with Crippen molar-refractivity contribution >= 4 is 23.2 Å². The zero-order chi connectivity index (χ0) is 19.5. The van der Waals surface area contributed by atoms with Crippen LogP contribution in [0.3, 0.4) is 0 Å². The Bertz CT molecular complexity index is 747. The minimum atomic E-state index is -0.0286. The highest BCUT2D eigenvalue weighted by Crippen LogP contribution is 2.24. The summed E-state index contributed by atoms with van der Waals surface area (Å²) in [6, 6.07) is 9.39. The molecule has 27 heavy (non-hydrogen) atoms. The Balaban J connectivity index is 1.71. The van der Waals surface area contributed by atoms with Gasteiger partial charge in [-0.15, -0.1) is 11.3 Å². The van der Waals surface area contributed by atoms with E-state index in [0.717, 1.165) is 28.4 Å². The average Bonchev–Trinajstić information content (AvgIpc) is 3.24. The lowest BCUT2D eigenvalue weighted by Crippen LogP contribution is -2.38. The lowest BCUT2D eigenvalue weighted by atomic mass is 10.2. The smallest absolute Gasteiger partial charge is 0.261 e. The molecule has 1 aromatic carbocycles. The predicted molar refractivity (Wildman–Crippen MR) is 109 cm³/mol. The van der Waals surface area contributed by atoms with Crippen LogP contribution in [-0.4, -0.2) is 46.2 Å². The van der Waals surface area contributed by atoms with Crippen molar-refractivity contribution in [3.8, 4) is 11.5 Å². The molecule has 0 unspecified atom stereocenters. The second-order valence-corrected chi connectivity index (χ2v) is 6.56. The number of nitrogens with one attached hydrogen (secondary N) is 3. The third-order valence-corrected chi connectivity index (χ3v) is 4.71. The number of thiophene rings is 1. The van der Waals surface area contributed by atoms with Crippen molar-refractivity contribution in [2.75, 3.05) is 34.4 Å². The minimum Gasteiger partial charge on any atom is -0.497 e. The van der Waals surface area contributed by atoms with Gasteiger partial charge in [0.1, 0.15) is 11.5 Å². The van der Waals surface area contributed by atoms with Gasteiger partial charge in [0.25, 0.3) is 5.91 Å². The summed E-state index contributed by atoms with van der Waals surface area (Å²) in [5, 5.41) is 11.3. The van der Waals surface area contributed by atoms with E-state index in [9.17, 15) is 4.79 Å². The van der Waals surface area contributed by atoms with Gasteiger partial charge < -0.3 is 25.4 Å². The monoisotopic (exact) mass is 390 g/mol.